The zero-order valence-corrected chi connectivity index (χ0v) is 5.92. The third-order valence-corrected chi connectivity index (χ3v) is 2.29. The number of amides is 1. The first-order valence-electron chi connectivity index (χ1n) is 3.80. The van der Waals surface area contributed by atoms with Gasteiger partial charge in [0.2, 0.25) is 5.91 Å². The van der Waals surface area contributed by atoms with E-state index in [0.29, 0.717) is 11.9 Å². The lowest BCUT2D eigenvalue weighted by Crippen LogP contribution is -2.41. The van der Waals surface area contributed by atoms with Gasteiger partial charge in [0.15, 0.2) is 0 Å². The molecule has 3 heteroatoms. The number of rotatable bonds is 0. The Morgan fingerprint density at radius 2 is 2.50 bits per heavy atom. The minimum Gasteiger partial charge on any atom is -0.659 e. The number of fused-ring (bicyclic) bond motifs is 1. The predicted molar refractivity (Wildman–Crippen MR) is 37.8 cm³/mol. The summed E-state index contributed by atoms with van der Waals surface area (Å²) >= 11 is 0. The summed E-state index contributed by atoms with van der Waals surface area (Å²) in [5.74, 6) is 0.333. The van der Waals surface area contributed by atoms with E-state index in [4.69, 9.17) is 0 Å². The van der Waals surface area contributed by atoms with Crippen LogP contribution in [0.1, 0.15) is 12.8 Å². The smallest absolute Gasteiger partial charge is 0.222 e. The van der Waals surface area contributed by atoms with Gasteiger partial charge in [-0.3, -0.25) is 4.79 Å². The lowest BCUT2D eigenvalue weighted by Gasteiger charge is -2.38. The number of hydrogen-bond donors (Lipinski definition) is 0. The fraction of sp³-hybridized carbons (Fsp3) is 0.857. The molecule has 56 valence electrons. The minimum atomic E-state index is 0.333. The number of carbonyl (C=O) groups excluding carboxylic acids is 1. The number of carbonyl (C=O) groups is 1. The van der Waals surface area contributed by atoms with Crippen molar-refractivity contribution in [2.24, 2.45) is 0 Å². The Balaban J connectivity index is 2.08. The van der Waals surface area contributed by atoms with Crippen LogP contribution in [-0.4, -0.2) is 36.5 Å². The summed E-state index contributed by atoms with van der Waals surface area (Å²) in [6, 6.07) is 0.459. The first-order chi connectivity index (χ1) is 4.88. The molecule has 1 atom stereocenters. The first-order valence-corrected chi connectivity index (χ1v) is 3.80. The summed E-state index contributed by atoms with van der Waals surface area (Å²) in [6.45, 7) is 2.59. The topological polar surface area (TPSA) is 34.4 Å². The van der Waals surface area contributed by atoms with Crippen molar-refractivity contribution >= 4 is 5.91 Å². The highest BCUT2D eigenvalue weighted by Gasteiger charge is 2.28. The second-order valence-electron chi connectivity index (χ2n) is 2.91. The predicted octanol–water partition coefficient (Wildman–Crippen LogP) is 0.365. The van der Waals surface area contributed by atoms with Crippen LogP contribution in [0.25, 0.3) is 5.32 Å². The largest absolute Gasteiger partial charge is 0.659 e. The maximum atomic E-state index is 11.1. The normalized spacial score (nSPS) is 32.6. The third-order valence-electron chi connectivity index (χ3n) is 2.29. The van der Waals surface area contributed by atoms with E-state index in [-0.39, 0.29) is 0 Å². The van der Waals surface area contributed by atoms with Crippen LogP contribution in [0, 0.1) is 0 Å². The molecule has 2 fully saturated rings. The van der Waals surface area contributed by atoms with Crippen molar-refractivity contribution in [1.82, 2.24) is 4.90 Å². The maximum Gasteiger partial charge on any atom is 0.222 e. The molecule has 0 N–H and O–H groups in total. The van der Waals surface area contributed by atoms with E-state index in [1.807, 2.05) is 4.90 Å². The lowest BCUT2D eigenvalue weighted by atomic mass is 10.2. The molecule has 0 saturated carbocycles. The molecule has 0 spiro atoms. The van der Waals surface area contributed by atoms with E-state index in [0.717, 1.165) is 32.5 Å². The molecule has 1 unspecified atom stereocenters. The molecule has 0 aromatic heterocycles. The molecule has 2 aliphatic heterocycles. The number of hydrogen-bond acceptors (Lipinski definition) is 1. The lowest BCUT2D eigenvalue weighted by molar-refractivity contribution is -0.128. The van der Waals surface area contributed by atoms with Crippen molar-refractivity contribution < 1.29 is 4.79 Å². The number of piperazine rings is 1. The maximum absolute atomic E-state index is 11.1. The zero-order valence-electron chi connectivity index (χ0n) is 5.92. The minimum absolute atomic E-state index is 0.333. The first kappa shape index (κ1) is 6.16. The molecule has 10 heavy (non-hydrogen) atoms. The standard InChI is InChI=1S/C7H11N2O/c10-7-2-1-6-5-8-3-4-9(6)7/h6H,1-5H2/q-1. The van der Waals surface area contributed by atoms with Gasteiger partial charge < -0.3 is 10.2 Å². The van der Waals surface area contributed by atoms with Gasteiger partial charge in [-0.05, 0) is 6.42 Å². The highest BCUT2D eigenvalue weighted by Crippen LogP contribution is 2.22. The molecule has 0 aromatic rings. The van der Waals surface area contributed by atoms with Crippen LogP contribution in [0.3, 0.4) is 0 Å². The average molecular weight is 139 g/mol. The van der Waals surface area contributed by atoms with Gasteiger partial charge in [0.25, 0.3) is 0 Å². The summed E-state index contributed by atoms with van der Waals surface area (Å²) in [5, 5.41) is 4.26. The molecular formula is C7H11N2O-. The van der Waals surface area contributed by atoms with Gasteiger partial charge in [0.1, 0.15) is 0 Å². The van der Waals surface area contributed by atoms with E-state index in [9.17, 15) is 4.79 Å². The van der Waals surface area contributed by atoms with Crippen molar-refractivity contribution in [2.45, 2.75) is 18.9 Å². The molecule has 0 bridgehead atoms. The van der Waals surface area contributed by atoms with Crippen molar-refractivity contribution in [3.05, 3.63) is 5.32 Å². The average Bonchev–Trinajstić information content (AvgIpc) is 2.34. The second kappa shape index (κ2) is 2.23. The monoisotopic (exact) mass is 139 g/mol. The van der Waals surface area contributed by atoms with Gasteiger partial charge >= 0.3 is 0 Å². The Morgan fingerprint density at radius 3 is 3.30 bits per heavy atom. The molecule has 2 heterocycles. The quantitative estimate of drug-likeness (QED) is 0.477. The Labute approximate surface area is 60.4 Å². The Hall–Kier alpha value is -0.570. The Bertz CT molecular complexity index is 158. The van der Waals surface area contributed by atoms with E-state index >= 15 is 0 Å². The highest BCUT2D eigenvalue weighted by molar-refractivity contribution is 5.79. The molecule has 0 radical (unpaired) electrons. The van der Waals surface area contributed by atoms with E-state index < -0.39 is 0 Å². The van der Waals surface area contributed by atoms with Crippen LogP contribution in [0.2, 0.25) is 0 Å². The van der Waals surface area contributed by atoms with Crippen LogP contribution in [-0.2, 0) is 4.79 Å². The van der Waals surface area contributed by atoms with Crippen molar-refractivity contribution in [3.8, 4) is 0 Å². The summed E-state index contributed by atoms with van der Waals surface area (Å²) in [7, 11) is 0. The molecular weight excluding hydrogens is 128 g/mol. The van der Waals surface area contributed by atoms with Gasteiger partial charge in [-0.2, -0.15) is 0 Å². The van der Waals surface area contributed by atoms with Gasteiger partial charge in [-0.15, -0.1) is 13.1 Å². The zero-order chi connectivity index (χ0) is 6.97. The molecule has 0 aromatic carbocycles. The van der Waals surface area contributed by atoms with Gasteiger partial charge in [-0.25, -0.2) is 0 Å². The van der Waals surface area contributed by atoms with Gasteiger partial charge in [-0.1, -0.05) is 0 Å². The Kier molecular flexibility index (Phi) is 1.38. The Morgan fingerprint density at radius 1 is 1.60 bits per heavy atom. The van der Waals surface area contributed by atoms with Crippen molar-refractivity contribution in [1.29, 1.82) is 0 Å². The summed E-state index contributed by atoms with van der Waals surface area (Å²) in [4.78, 5) is 13.1. The molecule has 1 amide bonds. The summed E-state index contributed by atoms with van der Waals surface area (Å²) < 4.78 is 0. The van der Waals surface area contributed by atoms with Crippen molar-refractivity contribution in [2.75, 3.05) is 19.6 Å². The van der Waals surface area contributed by atoms with Crippen LogP contribution >= 0.6 is 0 Å². The van der Waals surface area contributed by atoms with E-state index in [2.05, 4.69) is 5.32 Å². The summed E-state index contributed by atoms with van der Waals surface area (Å²) in [5.41, 5.74) is 0. The second-order valence-corrected chi connectivity index (χ2v) is 2.91. The van der Waals surface area contributed by atoms with E-state index in [1.165, 1.54) is 0 Å². The molecule has 3 nitrogen and oxygen atoms in total. The molecule has 2 rings (SSSR count). The van der Waals surface area contributed by atoms with Crippen molar-refractivity contribution in [3.63, 3.8) is 0 Å². The van der Waals surface area contributed by atoms with Crippen LogP contribution in [0.15, 0.2) is 0 Å². The van der Waals surface area contributed by atoms with Crippen LogP contribution in [0.5, 0.6) is 0 Å². The highest BCUT2D eigenvalue weighted by atomic mass is 16.2. The summed E-state index contributed by atoms with van der Waals surface area (Å²) in [6.07, 6.45) is 1.78. The van der Waals surface area contributed by atoms with Gasteiger partial charge in [0, 0.05) is 19.0 Å². The number of nitrogens with zero attached hydrogens (tertiary/aromatic N) is 2. The third kappa shape index (κ3) is 0.814. The fourth-order valence-electron chi connectivity index (χ4n) is 1.71. The fourth-order valence-corrected chi connectivity index (χ4v) is 1.71. The molecule has 2 saturated heterocycles. The molecule has 2 aliphatic rings. The van der Waals surface area contributed by atoms with E-state index in [1.54, 1.807) is 0 Å². The van der Waals surface area contributed by atoms with Gasteiger partial charge in [0.05, 0.1) is 0 Å². The SMILES string of the molecule is O=C1CCC2C[N-]CCN12. The van der Waals surface area contributed by atoms with Crippen LogP contribution in [0.4, 0.5) is 0 Å². The molecule has 0 aliphatic carbocycles. The van der Waals surface area contributed by atoms with Crippen LogP contribution < -0.4 is 0 Å².